The first-order valence-electron chi connectivity index (χ1n) is 9.91. The van der Waals surface area contributed by atoms with E-state index in [9.17, 15) is 5.11 Å². The molecule has 29 heavy (non-hydrogen) atoms. The van der Waals surface area contributed by atoms with Crippen LogP contribution in [0.5, 0.6) is 5.75 Å². The maximum absolute atomic E-state index is 10.5. The Labute approximate surface area is 171 Å². The van der Waals surface area contributed by atoms with Crippen molar-refractivity contribution in [1.82, 2.24) is 25.4 Å². The molecule has 9 heteroatoms. The molecule has 2 heterocycles. The fourth-order valence-corrected chi connectivity index (χ4v) is 3.31. The summed E-state index contributed by atoms with van der Waals surface area (Å²) in [5.41, 5.74) is 0.777. The highest BCUT2D eigenvalue weighted by Gasteiger charge is 2.22. The van der Waals surface area contributed by atoms with Gasteiger partial charge >= 0.3 is 0 Å². The zero-order valence-corrected chi connectivity index (χ0v) is 17.3. The third kappa shape index (κ3) is 5.68. The minimum Gasteiger partial charge on any atom is -0.497 e. The number of aryl methyl sites for hydroxylation is 1. The number of nitrogens with one attached hydrogen (secondary N) is 2. The molecule has 2 aromatic rings. The molecular formula is C20H30N6O3. The number of guanidine groups is 1. The number of aliphatic hydroxyl groups excluding tert-OH is 1. The largest absolute Gasteiger partial charge is 0.497 e. The quantitative estimate of drug-likeness (QED) is 0.447. The molecule has 2 atom stereocenters. The topological polar surface area (TPSA) is 106 Å². The number of rotatable bonds is 8. The van der Waals surface area contributed by atoms with E-state index in [1.165, 1.54) is 0 Å². The van der Waals surface area contributed by atoms with Crippen LogP contribution in [0.4, 0.5) is 0 Å². The standard InChI is InChI=1S/C20H30N6O3/c1-4-21-20(22-11-17(27)14-6-5-7-16(10-14)29-3)23-15-8-9-19-24-18(13-28-2)25-26(19)12-15/h5-7,10,15,17,27H,4,8-9,11-13H2,1-3H3,(H2,21,22,23). The van der Waals surface area contributed by atoms with E-state index < -0.39 is 6.10 Å². The molecule has 1 aliphatic heterocycles. The number of ether oxygens (including phenoxy) is 2. The van der Waals surface area contributed by atoms with Crippen LogP contribution in [0.3, 0.4) is 0 Å². The lowest BCUT2D eigenvalue weighted by molar-refractivity contribution is 0.177. The molecule has 0 radical (unpaired) electrons. The normalized spacial score (nSPS) is 17.5. The number of benzene rings is 1. The molecule has 1 aromatic carbocycles. The summed E-state index contributed by atoms with van der Waals surface area (Å²) < 4.78 is 12.3. The molecule has 0 saturated heterocycles. The number of hydrogen-bond donors (Lipinski definition) is 3. The zero-order valence-electron chi connectivity index (χ0n) is 17.3. The third-order valence-electron chi connectivity index (χ3n) is 4.76. The Kier molecular flexibility index (Phi) is 7.42. The maximum atomic E-state index is 10.5. The molecule has 158 valence electrons. The highest BCUT2D eigenvalue weighted by atomic mass is 16.5. The average molecular weight is 402 g/mol. The van der Waals surface area contributed by atoms with Crippen molar-refractivity contribution in [3.63, 3.8) is 0 Å². The predicted molar refractivity (Wildman–Crippen MR) is 110 cm³/mol. The number of aromatic nitrogens is 3. The molecule has 1 aliphatic rings. The van der Waals surface area contributed by atoms with Gasteiger partial charge in [-0.05, 0) is 31.0 Å². The van der Waals surface area contributed by atoms with Crippen molar-refractivity contribution in [2.45, 2.75) is 45.1 Å². The van der Waals surface area contributed by atoms with Crippen LogP contribution in [-0.2, 0) is 24.3 Å². The minimum atomic E-state index is -0.703. The molecule has 0 aliphatic carbocycles. The van der Waals surface area contributed by atoms with Crippen molar-refractivity contribution in [1.29, 1.82) is 0 Å². The second-order valence-electron chi connectivity index (χ2n) is 6.95. The molecule has 0 fully saturated rings. The SMILES string of the molecule is CCNC(=NCC(O)c1cccc(OC)c1)NC1CCc2nc(COC)nn2C1. The Hall–Kier alpha value is -2.65. The van der Waals surface area contributed by atoms with Gasteiger partial charge in [0.05, 0.1) is 26.3 Å². The Morgan fingerprint density at radius 1 is 1.41 bits per heavy atom. The summed E-state index contributed by atoms with van der Waals surface area (Å²) in [6.45, 7) is 4.14. The summed E-state index contributed by atoms with van der Waals surface area (Å²) in [7, 11) is 3.25. The first-order valence-corrected chi connectivity index (χ1v) is 9.91. The number of methoxy groups -OCH3 is 2. The lowest BCUT2D eigenvalue weighted by Gasteiger charge is -2.25. The van der Waals surface area contributed by atoms with E-state index in [2.05, 4.69) is 25.7 Å². The van der Waals surface area contributed by atoms with Gasteiger partial charge in [-0.1, -0.05) is 12.1 Å². The van der Waals surface area contributed by atoms with Gasteiger partial charge in [0.15, 0.2) is 11.8 Å². The molecule has 0 spiro atoms. The van der Waals surface area contributed by atoms with Crippen LogP contribution in [-0.4, -0.2) is 59.2 Å². The molecule has 0 bridgehead atoms. The summed E-state index contributed by atoms with van der Waals surface area (Å²) in [5.74, 6) is 3.10. The van der Waals surface area contributed by atoms with Gasteiger partial charge in [-0.3, -0.25) is 4.99 Å². The van der Waals surface area contributed by atoms with E-state index in [4.69, 9.17) is 9.47 Å². The highest BCUT2D eigenvalue weighted by molar-refractivity contribution is 5.80. The van der Waals surface area contributed by atoms with E-state index in [0.29, 0.717) is 24.1 Å². The predicted octanol–water partition coefficient (Wildman–Crippen LogP) is 1.04. The third-order valence-corrected chi connectivity index (χ3v) is 4.76. The molecule has 2 unspecified atom stereocenters. The highest BCUT2D eigenvalue weighted by Crippen LogP contribution is 2.19. The van der Waals surface area contributed by atoms with Gasteiger partial charge in [0, 0.05) is 26.1 Å². The Balaban J connectivity index is 1.61. The fourth-order valence-electron chi connectivity index (χ4n) is 3.31. The first kappa shape index (κ1) is 21.1. The lowest BCUT2D eigenvalue weighted by atomic mass is 10.1. The van der Waals surface area contributed by atoms with Crippen LogP contribution in [0.15, 0.2) is 29.3 Å². The van der Waals surface area contributed by atoms with Gasteiger partial charge in [-0.2, -0.15) is 5.10 Å². The fraction of sp³-hybridized carbons (Fsp3) is 0.550. The number of fused-ring (bicyclic) bond motifs is 1. The van der Waals surface area contributed by atoms with Gasteiger partial charge in [-0.15, -0.1) is 0 Å². The zero-order chi connectivity index (χ0) is 20.6. The van der Waals surface area contributed by atoms with Gasteiger partial charge in [0.1, 0.15) is 18.2 Å². The second-order valence-corrected chi connectivity index (χ2v) is 6.95. The van der Waals surface area contributed by atoms with Crippen LogP contribution < -0.4 is 15.4 Å². The van der Waals surface area contributed by atoms with Crippen molar-refractivity contribution in [3.8, 4) is 5.75 Å². The molecule has 3 N–H and O–H groups in total. The van der Waals surface area contributed by atoms with Gasteiger partial charge in [-0.25, -0.2) is 9.67 Å². The summed E-state index contributed by atoms with van der Waals surface area (Å²) >= 11 is 0. The van der Waals surface area contributed by atoms with Crippen LogP contribution in [0.25, 0.3) is 0 Å². The van der Waals surface area contributed by atoms with Gasteiger partial charge in [0.25, 0.3) is 0 Å². The van der Waals surface area contributed by atoms with Crippen LogP contribution in [0.1, 0.15) is 36.7 Å². The van der Waals surface area contributed by atoms with Crippen LogP contribution >= 0.6 is 0 Å². The van der Waals surface area contributed by atoms with Crippen molar-refractivity contribution < 1.29 is 14.6 Å². The van der Waals surface area contributed by atoms with E-state index >= 15 is 0 Å². The van der Waals surface area contributed by atoms with Gasteiger partial charge < -0.3 is 25.2 Å². The molecule has 0 saturated carbocycles. The smallest absolute Gasteiger partial charge is 0.191 e. The summed E-state index contributed by atoms with van der Waals surface area (Å²) in [6.07, 6.45) is 1.08. The lowest BCUT2D eigenvalue weighted by Crippen LogP contribution is -2.47. The summed E-state index contributed by atoms with van der Waals surface area (Å²) in [5, 5.41) is 21.7. The summed E-state index contributed by atoms with van der Waals surface area (Å²) in [4.78, 5) is 9.08. The Morgan fingerprint density at radius 2 is 2.28 bits per heavy atom. The van der Waals surface area contributed by atoms with E-state index in [-0.39, 0.29) is 12.6 Å². The molecule has 0 amide bonds. The van der Waals surface area contributed by atoms with Crippen LogP contribution in [0, 0.1) is 0 Å². The van der Waals surface area contributed by atoms with Crippen molar-refractivity contribution in [2.24, 2.45) is 4.99 Å². The van der Waals surface area contributed by atoms with Gasteiger partial charge in [0.2, 0.25) is 0 Å². The second kappa shape index (κ2) is 10.2. The molecular weight excluding hydrogens is 372 g/mol. The van der Waals surface area contributed by atoms with E-state index in [0.717, 1.165) is 37.3 Å². The molecule has 1 aromatic heterocycles. The van der Waals surface area contributed by atoms with E-state index in [1.54, 1.807) is 14.2 Å². The number of aliphatic hydroxyl groups is 1. The first-order chi connectivity index (χ1) is 14.1. The Morgan fingerprint density at radius 3 is 3.03 bits per heavy atom. The maximum Gasteiger partial charge on any atom is 0.191 e. The number of aliphatic imine (C=N–C) groups is 1. The number of nitrogens with zero attached hydrogens (tertiary/aromatic N) is 4. The van der Waals surface area contributed by atoms with Crippen molar-refractivity contribution in [3.05, 3.63) is 41.5 Å². The Bertz CT molecular complexity index is 822. The average Bonchev–Trinajstić information content (AvgIpc) is 3.14. The van der Waals surface area contributed by atoms with E-state index in [1.807, 2.05) is 35.9 Å². The minimum absolute atomic E-state index is 0.186. The monoisotopic (exact) mass is 402 g/mol. The van der Waals surface area contributed by atoms with Crippen molar-refractivity contribution >= 4 is 5.96 Å². The number of hydrogen-bond acceptors (Lipinski definition) is 6. The molecule has 9 nitrogen and oxygen atoms in total. The van der Waals surface area contributed by atoms with Crippen molar-refractivity contribution in [2.75, 3.05) is 27.3 Å². The molecule has 3 rings (SSSR count). The van der Waals surface area contributed by atoms with Crippen LogP contribution in [0.2, 0.25) is 0 Å². The summed E-state index contributed by atoms with van der Waals surface area (Å²) in [6, 6.07) is 7.59.